The highest BCUT2D eigenvalue weighted by Crippen LogP contribution is 2.31. The van der Waals surface area contributed by atoms with Crippen molar-refractivity contribution in [2.24, 2.45) is 10.7 Å². The Bertz CT molecular complexity index is 523. The molecule has 2 rings (SSSR count). The second-order valence-corrected chi connectivity index (χ2v) is 5.30. The summed E-state index contributed by atoms with van der Waals surface area (Å²) in [4.78, 5) is 16.0. The van der Waals surface area contributed by atoms with Crippen LogP contribution in [0.3, 0.4) is 0 Å². The number of rotatable bonds is 2. The predicted octanol–water partition coefficient (Wildman–Crippen LogP) is 1.94. The van der Waals surface area contributed by atoms with E-state index in [-0.39, 0.29) is 17.2 Å². The number of nitrogens with two attached hydrogens (primary N) is 1. The fourth-order valence-electron chi connectivity index (χ4n) is 2.07. The predicted molar refractivity (Wildman–Crippen MR) is 73.8 cm³/mol. The van der Waals surface area contributed by atoms with Crippen molar-refractivity contribution in [1.29, 1.82) is 0 Å². The van der Waals surface area contributed by atoms with E-state index >= 15 is 0 Å². The van der Waals surface area contributed by atoms with Gasteiger partial charge in [-0.2, -0.15) is 0 Å². The highest BCUT2D eigenvalue weighted by molar-refractivity contribution is 6.28. The second-order valence-electron chi connectivity index (χ2n) is 5.03. The number of nitrogens with zero attached hydrogens (tertiary/aromatic N) is 1. The largest absolute Gasteiger partial charge is 0.386 e. The van der Waals surface area contributed by atoms with Crippen molar-refractivity contribution < 1.29 is 4.79 Å². The number of hydrogen-bond acceptors (Lipinski definition) is 2. The van der Waals surface area contributed by atoms with E-state index < -0.39 is 0 Å². The molecule has 0 saturated carbocycles. The molecule has 1 aromatic carbocycles. The minimum absolute atomic E-state index is 0.0641. The molecule has 0 fully saturated rings. The highest BCUT2D eigenvalue weighted by Gasteiger charge is 2.31. The number of alkyl halides is 1. The molecule has 0 radical (unpaired) electrons. The first kappa shape index (κ1) is 12.9. The van der Waals surface area contributed by atoms with E-state index in [2.05, 4.69) is 24.2 Å². The van der Waals surface area contributed by atoms with Crippen molar-refractivity contribution in [3.05, 3.63) is 29.3 Å². The number of carbonyl (C=O) groups is 1. The molecule has 0 aromatic heterocycles. The first-order valence-corrected chi connectivity index (χ1v) is 6.29. The van der Waals surface area contributed by atoms with Gasteiger partial charge in [-0.15, -0.1) is 11.6 Å². The molecule has 0 bridgehead atoms. The number of amidine groups is 1. The number of aliphatic imine (C=N–C) groups is 1. The molecule has 5 heteroatoms. The van der Waals surface area contributed by atoms with Crippen LogP contribution in [-0.2, 0) is 5.41 Å². The number of carbonyl (C=O) groups excluding carboxylic acids is 1. The summed E-state index contributed by atoms with van der Waals surface area (Å²) < 4.78 is 0. The van der Waals surface area contributed by atoms with E-state index in [1.807, 2.05) is 12.1 Å². The molecule has 1 aliphatic rings. The fraction of sp³-hybridized carbons (Fsp3) is 0.385. The molecule has 0 unspecified atom stereocenters. The molecular formula is C13H16ClN3O. The summed E-state index contributed by atoms with van der Waals surface area (Å²) in [5.41, 5.74) is 7.87. The molecule has 4 nitrogen and oxygen atoms in total. The van der Waals surface area contributed by atoms with Gasteiger partial charge in [0.15, 0.2) is 0 Å². The lowest BCUT2D eigenvalue weighted by Gasteiger charge is -2.32. The Labute approximate surface area is 111 Å². The SMILES string of the molecule is CC1(C)CNC(=O)c2cc(N=C(N)CCl)ccc21. The zero-order valence-electron chi connectivity index (χ0n) is 10.5. The molecule has 1 amide bonds. The molecule has 0 spiro atoms. The molecule has 0 saturated heterocycles. The van der Waals surface area contributed by atoms with Gasteiger partial charge in [-0.25, -0.2) is 4.99 Å². The Morgan fingerprint density at radius 2 is 2.28 bits per heavy atom. The van der Waals surface area contributed by atoms with Gasteiger partial charge in [0, 0.05) is 17.5 Å². The third-order valence-electron chi connectivity index (χ3n) is 3.08. The van der Waals surface area contributed by atoms with E-state index in [4.69, 9.17) is 17.3 Å². The maximum atomic E-state index is 11.9. The van der Waals surface area contributed by atoms with E-state index in [1.54, 1.807) is 6.07 Å². The van der Waals surface area contributed by atoms with Crippen LogP contribution in [0.1, 0.15) is 29.8 Å². The van der Waals surface area contributed by atoms with Crippen LogP contribution in [0.25, 0.3) is 0 Å². The Kier molecular flexibility index (Phi) is 3.30. The normalized spacial score (nSPS) is 18.2. The smallest absolute Gasteiger partial charge is 0.251 e. The third-order valence-corrected chi connectivity index (χ3v) is 3.35. The van der Waals surface area contributed by atoms with Gasteiger partial charge in [0.25, 0.3) is 5.91 Å². The Hall–Kier alpha value is -1.55. The lowest BCUT2D eigenvalue weighted by atomic mass is 9.79. The summed E-state index contributed by atoms with van der Waals surface area (Å²) in [7, 11) is 0. The molecule has 1 aromatic rings. The van der Waals surface area contributed by atoms with Gasteiger partial charge in [0.05, 0.1) is 11.6 Å². The number of halogens is 1. The number of fused-ring (bicyclic) bond motifs is 1. The van der Waals surface area contributed by atoms with Crippen LogP contribution in [0.5, 0.6) is 0 Å². The van der Waals surface area contributed by atoms with Gasteiger partial charge >= 0.3 is 0 Å². The average Bonchev–Trinajstić information content (AvgIpc) is 2.34. The Morgan fingerprint density at radius 1 is 1.56 bits per heavy atom. The maximum absolute atomic E-state index is 11.9. The van der Waals surface area contributed by atoms with E-state index in [9.17, 15) is 4.79 Å². The maximum Gasteiger partial charge on any atom is 0.251 e. The van der Waals surface area contributed by atoms with Crippen molar-refractivity contribution in [3.8, 4) is 0 Å². The van der Waals surface area contributed by atoms with Crippen molar-refractivity contribution in [2.75, 3.05) is 12.4 Å². The summed E-state index contributed by atoms with van der Waals surface area (Å²) >= 11 is 5.58. The van der Waals surface area contributed by atoms with Crippen LogP contribution in [0, 0.1) is 0 Å². The molecule has 3 N–H and O–H groups in total. The number of amides is 1. The average molecular weight is 266 g/mol. The summed E-state index contributed by atoms with van der Waals surface area (Å²) in [6.07, 6.45) is 0. The minimum Gasteiger partial charge on any atom is -0.386 e. The monoisotopic (exact) mass is 265 g/mol. The zero-order valence-corrected chi connectivity index (χ0v) is 11.2. The topological polar surface area (TPSA) is 67.5 Å². The van der Waals surface area contributed by atoms with E-state index in [0.717, 1.165) is 5.56 Å². The van der Waals surface area contributed by atoms with Crippen molar-refractivity contribution in [2.45, 2.75) is 19.3 Å². The van der Waals surface area contributed by atoms with Crippen molar-refractivity contribution >= 4 is 29.0 Å². The summed E-state index contributed by atoms with van der Waals surface area (Å²) in [5, 5.41) is 2.88. The van der Waals surface area contributed by atoms with Gasteiger partial charge in [0.1, 0.15) is 5.84 Å². The van der Waals surface area contributed by atoms with Crippen LogP contribution in [0.2, 0.25) is 0 Å². The molecule has 1 heterocycles. The summed E-state index contributed by atoms with van der Waals surface area (Å²) in [6.45, 7) is 4.84. The lowest BCUT2D eigenvalue weighted by molar-refractivity contribution is 0.0930. The molecular weight excluding hydrogens is 250 g/mol. The Morgan fingerprint density at radius 3 is 2.94 bits per heavy atom. The highest BCUT2D eigenvalue weighted by atomic mass is 35.5. The summed E-state index contributed by atoms with van der Waals surface area (Å²) in [5.74, 6) is 0.451. The molecule has 96 valence electrons. The Balaban J connectivity index is 2.48. The molecule has 0 atom stereocenters. The number of hydrogen-bond donors (Lipinski definition) is 2. The molecule has 18 heavy (non-hydrogen) atoms. The van der Waals surface area contributed by atoms with Gasteiger partial charge in [0.2, 0.25) is 0 Å². The van der Waals surface area contributed by atoms with Gasteiger partial charge in [-0.1, -0.05) is 19.9 Å². The molecule has 0 aliphatic carbocycles. The van der Waals surface area contributed by atoms with Crippen LogP contribution in [0.4, 0.5) is 5.69 Å². The van der Waals surface area contributed by atoms with E-state index in [1.165, 1.54) is 0 Å². The van der Waals surface area contributed by atoms with Gasteiger partial charge in [-0.3, -0.25) is 4.79 Å². The fourth-order valence-corrected chi connectivity index (χ4v) is 2.13. The van der Waals surface area contributed by atoms with Crippen LogP contribution >= 0.6 is 11.6 Å². The van der Waals surface area contributed by atoms with Crippen LogP contribution in [0.15, 0.2) is 23.2 Å². The standard InChI is InChI=1S/C13H16ClN3O/c1-13(2)7-16-12(18)9-5-8(3-4-10(9)13)17-11(15)6-14/h3-5H,6-7H2,1-2H3,(H2,15,17)(H,16,18). The van der Waals surface area contributed by atoms with Crippen LogP contribution in [-0.4, -0.2) is 24.2 Å². The van der Waals surface area contributed by atoms with Crippen molar-refractivity contribution in [1.82, 2.24) is 5.32 Å². The third kappa shape index (κ3) is 2.34. The second kappa shape index (κ2) is 4.61. The van der Waals surface area contributed by atoms with E-state index in [0.29, 0.717) is 23.6 Å². The van der Waals surface area contributed by atoms with Crippen LogP contribution < -0.4 is 11.1 Å². The lowest BCUT2D eigenvalue weighted by Crippen LogP contribution is -2.43. The van der Waals surface area contributed by atoms with Gasteiger partial charge < -0.3 is 11.1 Å². The quantitative estimate of drug-likeness (QED) is 0.487. The van der Waals surface area contributed by atoms with Crippen molar-refractivity contribution in [3.63, 3.8) is 0 Å². The van der Waals surface area contributed by atoms with Gasteiger partial charge in [-0.05, 0) is 17.7 Å². The molecule has 1 aliphatic heterocycles. The number of benzene rings is 1. The number of nitrogens with one attached hydrogen (secondary N) is 1. The first-order valence-electron chi connectivity index (χ1n) is 5.76. The first-order chi connectivity index (χ1) is 8.44. The zero-order chi connectivity index (χ0) is 13.3. The minimum atomic E-state index is -0.0660. The summed E-state index contributed by atoms with van der Waals surface area (Å²) in [6, 6.07) is 5.55.